The van der Waals surface area contributed by atoms with Gasteiger partial charge in [0.05, 0.1) is 0 Å². The van der Waals surface area contributed by atoms with E-state index in [0.29, 0.717) is 5.41 Å². The fraction of sp³-hybridized carbons (Fsp3) is 0.588. The lowest BCUT2D eigenvalue weighted by Crippen LogP contribution is -2.32. The molecule has 0 aromatic carbocycles. The molecule has 1 aromatic heterocycles. The zero-order chi connectivity index (χ0) is 14.6. The molecular formula is C17H27N3. The van der Waals surface area contributed by atoms with Gasteiger partial charge in [0.1, 0.15) is 0 Å². The average molecular weight is 273 g/mol. The number of hydrogen-bond donors (Lipinski definition) is 1. The monoisotopic (exact) mass is 273 g/mol. The largest absolute Gasteiger partial charge is 0.367 e. The van der Waals surface area contributed by atoms with Crippen LogP contribution in [0.3, 0.4) is 0 Å². The maximum atomic E-state index is 4.27. The molecule has 1 N–H and O–H groups in total. The summed E-state index contributed by atoms with van der Waals surface area (Å²) in [6.45, 7) is 13.0. The third-order valence-corrected chi connectivity index (χ3v) is 3.96. The fourth-order valence-electron chi connectivity index (χ4n) is 2.69. The van der Waals surface area contributed by atoms with Crippen LogP contribution in [0.1, 0.15) is 39.7 Å². The van der Waals surface area contributed by atoms with Crippen molar-refractivity contribution in [3.8, 4) is 0 Å². The SMILES string of the molecule is CCNCc1cnccc1N1CC=C(C(C)(C)C)CC1. The summed E-state index contributed by atoms with van der Waals surface area (Å²) in [6, 6.07) is 2.14. The molecule has 1 aliphatic heterocycles. The van der Waals surface area contributed by atoms with Crippen LogP contribution in [0.4, 0.5) is 5.69 Å². The van der Waals surface area contributed by atoms with Crippen LogP contribution in [0, 0.1) is 5.41 Å². The molecule has 0 aliphatic carbocycles. The molecule has 110 valence electrons. The smallest absolute Gasteiger partial charge is 0.0445 e. The molecule has 0 fully saturated rings. The minimum absolute atomic E-state index is 0.303. The van der Waals surface area contributed by atoms with E-state index < -0.39 is 0 Å². The molecule has 2 heterocycles. The van der Waals surface area contributed by atoms with Crippen molar-refractivity contribution >= 4 is 5.69 Å². The first-order valence-electron chi connectivity index (χ1n) is 7.60. The predicted molar refractivity (Wildman–Crippen MR) is 86.0 cm³/mol. The number of aromatic nitrogens is 1. The Bertz CT molecular complexity index is 471. The summed E-state index contributed by atoms with van der Waals surface area (Å²) in [7, 11) is 0. The normalized spacial score (nSPS) is 16.2. The van der Waals surface area contributed by atoms with Gasteiger partial charge in [0.15, 0.2) is 0 Å². The number of nitrogens with one attached hydrogen (secondary N) is 1. The Balaban J connectivity index is 2.12. The van der Waals surface area contributed by atoms with Crippen LogP contribution in [0.25, 0.3) is 0 Å². The molecule has 2 rings (SSSR count). The summed E-state index contributed by atoms with van der Waals surface area (Å²) in [5, 5.41) is 3.39. The lowest BCUT2D eigenvalue weighted by atomic mass is 9.83. The van der Waals surface area contributed by atoms with E-state index in [1.807, 2.05) is 12.4 Å². The van der Waals surface area contributed by atoms with Gasteiger partial charge < -0.3 is 10.2 Å². The van der Waals surface area contributed by atoms with E-state index in [1.165, 1.54) is 11.3 Å². The maximum Gasteiger partial charge on any atom is 0.0445 e. The van der Waals surface area contributed by atoms with Gasteiger partial charge >= 0.3 is 0 Å². The summed E-state index contributed by atoms with van der Waals surface area (Å²) in [6.07, 6.45) is 7.45. The van der Waals surface area contributed by atoms with Crippen molar-refractivity contribution in [2.24, 2.45) is 5.41 Å². The summed E-state index contributed by atoms with van der Waals surface area (Å²) < 4.78 is 0. The van der Waals surface area contributed by atoms with Gasteiger partial charge in [-0.05, 0) is 24.4 Å². The van der Waals surface area contributed by atoms with Gasteiger partial charge in [-0.15, -0.1) is 0 Å². The number of hydrogen-bond acceptors (Lipinski definition) is 3. The van der Waals surface area contributed by atoms with E-state index in [4.69, 9.17) is 0 Å². The van der Waals surface area contributed by atoms with Crippen LogP contribution in [0.5, 0.6) is 0 Å². The third-order valence-electron chi connectivity index (χ3n) is 3.96. The summed E-state index contributed by atoms with van der Waals surface area (Å²) in [5.41, 5.74) is 4.50. The van der Waals surface area contributed by atoms with E-state index in [2.05, 4.69) is 55.0 Å². The first-order valence-corrected chi connectivity index (χ1v) is 7.60. The van der Waals surface area contributed by atoms with Gasteiger partial charge in [-0.3, -0.25) is 4.98 Å². The fourth-order valence-corrected chi connectivity index (χ4v) is 2.69. The zero-order valence-electron chi connectivity index (χ0n) is 13.2. The van der Waals surface area contributed by atoms with Crippen molar-refractivity contribution in [2.75, 3.05) is 24.5 Å². The number of pyridine rings is 1. The van der Waals surface area contributed by atoms with Crippen LogP contribution in [0.2, 0.25) is 0 Å². The second-order valence-corrected chi connectivity index (χ2v) is 6.46. The van der Waals surface area contributed by atoms with Crippen LogP contribution in [-0.4, -0.2) is 24.6 Å². The molecule has 0 saturated carbocycles. The lowest BCUT2D eigenvalue weighted by molar-refractivity contribution is 0.472. The van der Waals surface area contributed by atoms with E-state index in [-0.39, 0.29) is 0 Å². The molecule has 0 radical (unpaired) electrons. The zero-order valence-corrected chi connectivity index (χ0v) is 13.2. The maximum absolute atomic E-state index is 4.27. The molecule has 0 atom stereocenters. The highest BCUT2D eigenvalue weighted by atomic mass is 15.1. The first-order chi connectivity index (χ1) is 9.52. The molecule has 3 heteroatoms. The van der Waals surface area contributed by atoms with Crippen LogP contribution in [-0.2, 0) is 6.54 Å². The van der Waals surface area contributed by atoms with Gasteiger partial charge in [-0.1, -0.05) is 39.3 Å². The lowest BCUT2D eigenvalue weighted by Gasteiger charge is -2.34. The summed E-state index contributed by atoms with van der Waals surface area (Å²) in [5.74, 6) is 0. The molecule has 20 heavy (non-hydrogen) atoms. The Kier molecular flexibility index (Phi) is 4.81. The molecule has 0 saturated heterocycles. The van der Waals surface area contributed by atoms with Crippen molar-refractivity contribution in [3.63, 3.8) is 0 Å². The van der Waals surface area contributed by atoms with E-state index >= 15 is 0 Å². The van der Waals surface area contributed by atoms with Crippen LogP contribution in [0.15, 0.2) is 30.1 Å². The Hall–Kier alpha value is -1.35. The van der Waals surface area contributed by atoms with Crippen molar-refractivity contribution in [2.45, 2.75) is 40.7 Å². The Morgan fingerprint density at radius 3 is 2.75 bits per heavy atom. The van der Waals surface area contributed by atoms with Gasteiger partial charge in [0.2, 0.25) is 0 Å². The van der Waals surface area contributed by atoms with Crippen molar-refractivity contribution < 1.29 is 0 Å². The Morgan fingerprint density at radius 2 is 2.15 bits per heavy atom. The van der Waals surface area contributed by atoms with E-state index in [1.54, 1.807) is 5.57 Å². The first kappa shape index (κ1) is 15.0. The molecule has 1 aliphatic rings. The summed E-state index contributed by atoms with van der Waals surface area (Å²) in [4.78, 5) is 6.73. The van der Waals surface area contributed by atoms with Gasteiger partial charge in [-0.25, -0.2) is 0 Å². The second-order valence-electron chi connectivity index (χ2n) is 6.46. The van der Waals surface area contributed by atoms with Crippen molar-refractivity contribution in [1.82, 2.24) is 10.3 Å². The third kappa shape index (κ3) is 3.60. The van der Waals surface area contributed by atoms with Gasteiger partial charge in [-0.2, -0.15) is 0 Å². The topological polar surface area (TPSA) is 28.2 Å². The minimum atomic E-state index is 0.303. The molecule has 0 spiro atoms. The number of nitrogens with zero attached hydrogens (tertiary/aromatic N) is 2. The molecule has 0 unspecified atom stereocenters. The predicted octanol–water partition coefficient (Wildman–Crippen LogP) is 3.37. The Morgan fingerprint density at radius 1 is 1.35 bits per heavy atom. The number of rotatable bonds is 4. The summed E-state index contributed by atoms with van der Waals surface area (Å²) >= 11 is 0. The average Bonchev–Trinajstić information content (AvgIpc) is 2.45. The molecule has 3 nitrogen and oxygen atoms in total. The quantitative estimate of drug-likeness (QED) is 0.853. The number of anilines is 1. The molecular weight excluding hydrogens is 246 g/mol. The standard InChI is InChI=1S/C17H27N3/c1-5-18-12-14-13-19-9-6-16(14)20-10-7-15(8-11-20)17(2,3)4/h6-7,9,13,18H,5,8,10-12H2,1-4H3. The van der Waals surface area contributed by atoms with Crippen molar-refractivity contribution in [1.29, 1.82) is 0 Å². The van der Waals surface area contributed by atoms with E-state index in [0.717, 1.165) is 32.6 Å². The molecule has 1 aromatic rings. The van der Waals surface area contributed by atoms with Gasteiger partial charge in [0, 0.05) is 43.3 Å². The second kappa shape index (κ2) is 6.40. The molecule has 0 bridgehead atoms. The highest BCUT2D eigenvalue weighted by Crippen LogP contribution is 2.32. The highest BCUT2D eigenvalue weighted by Gasteiger charge is 2.22. The van der Waals surface area contributed by atoms with E-state index in [9.17, 15) is 0 Å². The van der Waals surface area contributed by atoms with Crippen LogP contribution < -0.4 is 10.2 Å². The molecule has 0 amide bonds. The Labute approximate surface area is 123 Å². The highest BCUT2D eigenvalue weighted by molar-refractivity contribution is 5.53. The van der Waals surface area contributed by atoms with Crippen LogP contribution >= 0.6 is 0 Å². The van der Waals surface area contributed by atoms with Crippen molar-refractivity contribution in [3.05, 3.63) is 35.7 Å². The van der Waals surface area contributed by atoms with Gasteiger partial charge in [0.25, 0.3) is 0 Å². The minimum Gasteiger partial charge on any atom is -0.367 e.